The van der Waals surface area contributed by atoms with Gasteiger partial charge in [0.15, 0.2) is 5.82 Å². The van der Waals surface area contributed by atoms with E-state index in [1.54, 1.807) is 13.2 Å². The standard InChI is InChI=1S/C25H30F2N4O3S/c1-15(17-6-5-7-18(12-17)25(26,27)14-32)28-23-19-13-20(35-21(19)16(2)29-30-23)22(33)24(34-4)8-10-31(3)11-9-24/h5-7,12-13,15,32H,8-11,14H2,1-4H3,(H,28,30)/t15-/m1/s1. The lowest BCUT2D eigenvalue weighted by molar-refractivity contribution is -0.0556. The fourth-order valence-corrected chi connectivity index (χ4v) is 5.55. The molecule has 3 heterocycles. The molecule has 1 aliphatic rings. The molecule has 1 fully saturated rings. The first-order valence-corrected chi connectivity index (χ1v) is 12.3. The van der Waals surface area contributed by atoms with Gasteiger partial charge in [-0.3, -0.25) is 4.79 Å². The van der Waals surface area contributed by atoms with Crippen LogP contribution in [0.1, 0.15) is 52.3 Å². The summed E-state index contributed by atoms with van der Waals surface area (Å²) >= 11 is 1.37. The number of alkyl halides is 2. The summed E-state index contributed by atoms with van der Waals surface area (Å²) in [4.78, 5) is 16.3. The van der Waals surface area contributed by atoms with Gasteiger partial charge in [0.1, 0.15) is 12.2 Å². The number of likely N-dealkylation sites (tertiary alicyclic amines) is 1. The second-order valence-electron chi connectivity index (χ2n) is 9.17. The first-order chi connectivity index (χ1) is 16.6. The zero-order chi connectivity index (χ0) is 25.4. The first-order valence-electron chi connectivity index (χ1n) is 11.5. The number of benzene rings is 1. The number of hydrogen-bond acceptors (Lipinski definition) is 8. The monoisotopic (exact) mass is 504 g/mol. The van der Waals surface area contributed by atoms with Crippen molar-refractivity contribution >= 4 is 33.0 Å². The molecule has 1 aliphatic heterocycles. The molecule has 0 aliphatic carbocycles. The number of hydrogen-bond donors (Lipinski definition) is 2. The zero-order valence-electron chi connectivity index (χ0n) is 20.3. The third-order valence-electron chi connectivity index (χ3n) is 6.80. The van der Waals surface area contributed by atoms with Crippen LogP contribution in [0.25, 0.3) is 10.1 Å². The Morgan fingerprint density at radius 3 is 2.69 bits per heavy atom. The Morgan fingerprint density at radius 1 is 1.31 bits per heavy atom. The molecule has 0 amide bonds. The summed E-state index contributed by atoms with van der Waals surface area (Å²) in [7, 11) is 3.62. The maximum absolute atomic E-state index is 14.0. The number of thiophene rings is 1. The Kier molecular flexibility index (Phi) is 7.19. The van der Waals surface area contributed by atoms with Crippen LogP contribution in [0.2, 0.25) is 0 Å². The molecule has 2 N–H and O–H groups in total. The average Bonchev–Trinajstić information content (AvgIpc) is 3.33. The highest BCUT2D eigenvalue weighted by Crippen LogP contribution is 2.38. The lowest BCUT2D eigenvalue weighted by atomic mass is 9.86. The van der Waals surface area contributed by atoms with Crippen molar-refractivity contribution < 1.29 is 23.4 Å². The second kappa shape index (κ2) is 9.85. The molecule has 35 heavy (non-hydrogen) atoms. The molecule has 7 nitrogen and oxygen atoms in total. The van der Waals surface area contributed by atoms with E-state index in [4.69, 9.17) is 9.84 Å². The number of rotatable bonds is 8. The molecule has 0 spiro atoms. The molecule has 4 rings (SSSR count). The number of methoxy groups -OCH3 is 1. The molecule has 10 heteroatoms. The highest BCUT2D eigenvalue weighted by Gasteiger charge is 2.42. The Balaban J connectivity index is 1.65. The number of ether oxygens (including phenoxy) is 1. The van der Waals surface area contributed by atoms with Gasteiger partial charge in [0.05, 0.1) is 21.3 Å². The third-order valence-corrected chi connectivity index (χ3v) is 8.04. The van der Waals surface area contributed by atoms with Crippen LogP contribution in [-0.2, 0) is 10.7 Å². The Bertz CT molecular complexity index is 1220. The lowest BCUT2D eigenvalue weighted by Gasteiger charge is -2.37. The maximum Gasteiger partial charge on any atom is 0.295 e. The molecular weight excluding hydrogens is 474 g/mol. The third kappa shape index (κ3) is 4.93. The summed E-state index contributed by atoms with van der Waals surface area (Å²) in [5.41, 5.74) is 0.225. The topological polar surface area (TPSA) is 87.6 Å². The number of aliphatic hydroxyl groups is 1. The average molecular weight is 505 g/mol. The highest BCUT2D eigenvalue weighted by atomic mass is 32.1. The summed E-state index contributed by atoms with van der Waals surface area (Å²) in [5.74, 6) is -2.88. The van der Waals surface area contributed by atoms with Crippen LogP contribution in [-0.4, -0.2) is 65.4 Å². The molecule has 188 valence electrons. The molecule has 1 atom stereocenters. The summed E-state index contributed by atoms with van der Waals surface area (Å²) in [6, 6.07) is 7.39. The number of fused-ring (bicyclic) bond motifs is 1. The van der Waals surface area contributed by atoms with Crippen LogP contribution < -0.4 is 5.32 Å². The van der Waals surface area contributed by atoms with E-state index in [1.807, 2.05) is 27.0 Å². The van der Waals surface area contributed by atoms with Crippen LogP contribution in [0.3, 0.4) is 0 Å². The van der Waals surface area contributed by atoms with Crippen molar-refractivity contribution in [2.24, 2.45) is 0 Å². The molecule has 0 unspecified atom stereocenters. The minimum Gasteiger partial charge on any atom is -0.390 e. The van der Waals surface area contributed by atoms with Gasteiger partial charge in [0, 0.05) is 31.1 Å². The van der Waals surface area contributed by atoms with Crippen LogP contribution in [0.15, 0.2) is 30.3 Å². The van der Waals surface area contributed by atoms with Crippen LogP contribution >= 0.6 is 11.3 Å². The SMILES string of the molecule is COC1(C(=O)c2cc3c(N[C@H](C)c4cccc(C(F)(F)CO)c4)nnc(C)c3s2)CCN(C)CC1. The number of Topliss-reactive ketones (excluding diaryl/α,β-unsaturated/α-hetero) is 1. The van der Waals surface area contributed by atoms with Crippen molar-refractivity contribution in [1.29, 1.82) is 0 Å². The minimum absolute atomic E-state index is 0.0355. The summed E-state index contributed by atoms with van der Waals surface area (Å²) in [6.07, 6.45) is 1.25. The summed E-state index contributed by atoms with van der Waals surface area (Å²) < 4.78 is 34.6. The number of anilines is 1. The minimum atomic E-state index is -3.32. The summed E-state index contributed by atoms with van der Waals surface area (Å²) in [5, 5.41) is 21.6. The van der Waals surface area contributed by atoms with Gasteiger partial charge in [-0.1, -0.05) is 18.2 Å². The van der Waals surface area contributed by atoms with Gasteiger partial charge < -0.3 is 20.1 Å². The van der Waals surface area contributed by atoms with Gasteiger partial charge in [-0.05, 0) is 51.4 Å². The van der Waals surface area contributed by atoms with E-state index in [9.17, 15) is 13.6 Å². The normalized spacial score (nSPS) is 17.5. The Hall–Kier alpha value is -2.53. The fourth-order valence-electron chi connectivity index (χ4n) is 4.42. The number of carbonyl (C=O) groups is 1. The lowest BCUT2D eigenvalue weighted by Crippen LogP contribution is -2.49. The second-order valence-corrected chi connectivity index (χ2v) is 10.2. The molecule has 0 radical (unpaired) electrons. The van der Waals surface area contributed by atoms with Crippen molar-refractivity contribution in [2.75, 3.05) is 39.2 Å². The van der Waals surface area contributed by atoms with Crippen molar-refractivity contribution in [3.05, 3.63) is 52.0 Å². The van der Waals surface area contributed by atoms with Gasteiger partial charge in [-0.25, -0.2) is 0 Å². The highest BCUT2D eigenvalue weighted by molar-refractivity contribution is 7.21. The molecule has 1 saturated heterocycles. The number of aromatic nitrogens is 2. The Labute approximate surface area is 207 Å². The molecule has 0 bridgehead atoms. The number of nitrogens with one attached hydrogen (secondary N) is 1. The van der Waals surface area contributed by atoms with Crippen LogP contribution in [0.4, 0.5) is 14.6 Å². The van der Waals surface area contributed by atoms with E-state index in [1.165, 1.54) is 29.5 Å². The van der Waals surface area contributed by atoms with Crippen LogP contribution in [0.5, 0.6) is 0 Å². The van der Waals surface area contributed by atoms with Gasteiger partial charge >= 0.3 is 0 Å². The number of ketones is 1. The number of halogens is 2. The van der Waals surface area contributed by atoms with E-state index in [0.717, 1.165) is 23.2 Å². The van der Waals surface area contributed by atoms with Gasteiger partial charge in [0.25, 0.3) is 5.92 Å². The van der Waals surface area contributed by atoms with E-state index in [2.05, 4.69) is 20.4 Å². The van der Waals surface area contributed by atoms with Gasteiger partial charge in [0.2, 0.25) is 5.78 Å². The number of nitrogens with zero attached hydrogens (tertiary/aromatic N) is 3. The molecule has 0 saturated carbocycles. The predicted molar refractivity (Wildman–Crippen MR) is 132 cm³/mol. The largest absolute Gasteiger partial charge is 0.390 e. The number of carbonyl (C=O) groups excluding carboxylic acids is 1. The smallest absolute Gasteiger partial charge is 0.295 e. The molecule has 2 aromatic heterocycles. The van der Waals surface area contributed by atoms with Crippen molar-refractivity contribution in [2.45, 2.75) is 44.3 Å². The van der Waals surface area contributed by atoms with Crippen molar-refractivity contribution in [3.8, 4) is 0 Å². The molecule has 3 aromatic rings. The number of piperidine rings is 1. The van der Waals surface area contributed by atoms with E-state index in [0.29, 0.717) is 34.8 Å². The quantitative estimate of drug-likeness (QED) is 0.435. The number of aliphatic hydroxyl groups excluding tert-OH is 1. The van der Waals surface area contributed by atoms with Gasteiger partial charge in [-0.15, -0.1) is 16.4 Å². The van der Waals surface area contributed by atoms with Gasteiger partial charge in [-0.2, -0.15) is 13.9 Å². The maximum atomic E-state index is 14.0. The fraction of sp³-hybridized carbons (Fsp3) is 0.480. The van der Waals surface area contributed by atoms with Crippen molar-refractivity contribution in [1.82, 2.24) is 15.1 Å². The first kappa shape index (κ1) is 25.6. The zero-order valence-corrected chi connectivity index (χ0v) is 21.1. The van der Waals surface area contributed by atoms with E-state index < -0.39 is 18.1 Å². The molecule has 1 aromatic carbocycles. The summed E-state index contributed by atoms with van der Waals surface area (Å²) in [6.45, 7) is 3.99. The predicted octanol–water partition coefficient (Wildman–Crippen LogP) is 4.55. The van der Waals surface area contributed by atoms with E-state index >= 15 is 0 Å². The van der Waals surface area contributed by atoms with E-state index in [-0.39, 0.29) is 17.4 Å². The van der Waals surface area contributed by atoms with Crippen LogP contribution in [0, 0.1) is 6.92 Å². The number of aryl methyl sites for hydroxylation is 1. The molecular formula is C25H30F2N4O3S. The van der Waals surface area contributed by atoms with Crippen molar-refractivity contribution in [3.63, 3.8) is 0 Å². The Morgan fingerprint density at radius 2 is 2.03 bits per heavy atom.